The molecule has 1 amide bonds. The Hall–Kier alpha value is -1.60. The molecule has 1 aromatic rings. The van der Waals surface area contributed by atoms with Gasteiger partial charge in [0.1, 0.15) is 5.75 Å². The molecule has 1 N–H and O–H groups in total. The zero-order chi connectivity index (χ0) is 17.5. The van der Waals surface area contributed by atoms with Gasteiger partial charge in [0.05, 0.1) is 17.2 Å². The van der Waals surface area contributed by atoms with E-state index in [0.29, 0.717) is 24.5 Å². The first-order chi connectivity index (χ1) is 10.8. The molecular weight excluding hydrogens is 316 g/mol. The number of amides is 1. The van der Waals surface area contributed by atoms with Gasteiger partial charge >= 0.3 is 0 Å². The van der Waals surface area contributed by atoms with Gasteiger partial charge in [-0.1, -0.05) is 19.8 Å². The summed E-state index contributed by atoms with van der Waals surface area (Å²) < 4.78 is 31.0. The Labute approximate surface area is 138 Å². The smallest absolute Gasteiger partial charge is 0.242 e. The average molecular weight is 342 g/mol. The molecular formula is C16H26N2O4S. The van der Waals surface area contributed by atoms with Crippen LogP contribution < -0.4 is 10.1 Å². The van der Waals surface area contributed by atoms with E-state index in [2.05, 4.69) is 12.2 Å². The molecule has 1 aromatic carbocycles. The van der Waals surface area contributed by atoms with Crippen molar-refractivity contribution >= 4 is 21.6 Å². The number of anilines is 1. The summed E-state index contributed by atoms with van der Waals surface area (Å²) in [6.07, 6.45) is 3.24. The van der Waals surface area contributed by atoms with E-state index in [-0.39, 0.29) is 10.8 Å². The molecule has 0 aromatic heterocycles. The van der Waals surface area contributed by atoms with Gasteiger partial charge in [-0.2, -0.15) is 0 Å². The van der Waals surface area contributed by atoms with Gasteiger partial charge in [-0.25, -0.2) is 12.7 Å². The van der Waals surface area contributed by atoms with E-state index >= 15 is 0 Å². The Morgan fingerprint density at radius 1 is 1.22 bits per heavy atom. The average Bonchev–Trinajstić information content (AvgIpc) is 2.49. The molecule has 1 rings (SSSR count). The number of hydrogen-bond acceptors (Lipinski definition) is 4. The first-order valence-corrected chi connectivity index (χ1v) is 9.26. The molecule has 0 aliphatic heterocycles. The van der Waals surface area contributed by atoms with Crippen molar-refractivity contribution in [3.05, 3.63) is 18.2 Å². The van der Waals surface area contributed by atoms with Gasteiger partial charge in [0.15, 0.2) is 0 Å². The molecule has 0 radical (unpaired) electrons. The maximum absolute atomic E-state index is 12.2. The van der Waals surface area contributed by atoms with Crippen LogP contribution in [0.3, 0.4) is 0 Å². The van der Waals surface area contributed by atoms with E-state index in [1.165, 1.54) is 26.2 Å². The van der Waals surface area contributed by atoms with Gasteiger partial charge in [-0.15, -0.1) is 0 Å². The van der Waals surface area contributed by atoms with Crippen molar-refractivity contribution in [1.29, 1.82) is 0 Å². The summed E-state index contributed by atoms with van der Waals surface area (Å²) in [7, 11) is -0.627. The SMILES string of the molecule is CCCCCC(=O)Nc1cc(S(=O)(=O)N(C)C)ccc1OCC. The minimum atomic E-state index is -3.56. The van der Waals surface area contributed by atoms with E-state index < -0.39 is 10.0 Å². The predicted molar refractivity (Wildman–Crippen MR) is 91.3 cm³/mol. The van der Waals surface area contributed by atoms with E-state index in [9.17, 15) is 13.2 Å². The predicted octanol–water partition coefficient (Wildman–Crippen LogP) is 2.85. The first kappa shape index (κ1) is 19.4. The van der Waals surface area contributed by atoms with Crippen LogP contribution in [0.4, 0.5) is 5.69 Å². The fourth-order valence-electron chi connectivity index (χ4n) is 2.01. The van der Waals surface area contributed by atoms with Gasteiger partial charge in [0, 0.05) is 20.5 Å². The van der Waals surface area contributed by atoms with Crippen molar-refractivity contribution in [3.63, 3.8) is 0 Å². The summed E-state index contributed by atoms with van der Waals surface area (Å²) in [5.74, 6) is 0.327. The van der Waals surface area contributed by atoms with Gasteiger partial charge in [-0.05, 0) is 31.5 Å². The second kappa shape index (κ2) is 8.88. The van der Waals surface area contributed by atoms with Crippen LogP contribution in [-0.4, -0.2) is 39.3 Å². The standard InChI is InChI=1S/C16H26N2O4S/c1-5-7-8-9-16(19)17-14-12-13(23(20,21)18(3)4)10-11-15(14)22-6-2/h10-12H,5-9H2,1-4H3,(H,17,19). The molecule has 0 bridgehead atoms. The van der Waals surface area contributed by atoms with Crippen LogP contribution in [0, 0.1) is 0 Å². The van der Waals surface area contributed by atoms with Gasteiger partial charge in [-0.3, -0.25) is 4.79 Å². The molecule has 0 atom stereocenters. The van der Waals surface area contributed by atoms with Gasteiger partial charge in [0.2, 0.25) is 15.9 Å². The van der Waals surface area contributed by atoms with Crippen LogP contribution in [0.1, 0.15) is 39.5 Å². The molecule has 0 aliphatic carbocycles. The number of nitrogens with zero attached hydrogens (tertiary/aromatic N) is 1. The number of carbonyl (C=O) groups is 1. The number of ether oxygens (including phenoxy) is 1. The third kappa shape index (κ3) is 5.51. The Balaban J connectivity index is 3.04. The van der Waals surface area contributed by atoms with E-state index in [1.807, 2.05) is 6.92 Å². The first-order valence-electron chi connectivity index (χ1n) is 7.82. The van der Waals surface area contributed by atoms with Crippen LogP contribution in [-0.2, 0) is 14.8 Å². The number of rotatable bonds is 9. The number of benzene rings is 1. The number of carbonyl (C=O) groups excluding carboxylic acids is 1. The Morgan fingerprint density at radius 3 is 2.48 bits per heavy atom. The molecule has 0 heterocycles. The monoisotopic (exact) mass is 342 g/mol. The molecule has 130 valence electrons. The van der Waals surface area contributed by atoms with E-state index in [4.69, 9.17) is 4.74 Å². The third-order valence-electron chi connectivity index (χ3n) is 3.31. The largest absolute Gasteiger partial charge is 0.492 e. The fraction of sp³-hybridized carbons (Fsp3) is 0.562. The maximum Gasteiger partial charge on any atom is 0.242 e. The van der Waals surface area contributed by atoms with Crippen LogP contribution in [0.2, 0.25) is 0 Å². The minimum Gasteiger partial charge on any atom is -0.492 e. The van der Waals surface area contributed by atoms with Crippen molar-refractivity contribution in [2.45, 2.75) is 44.4 Å². The van der Waals surface area contributed by atoms with Crippen molar-refractivity contribution in [2.75, 3.05) is 26.0 Å². The number of sulfonamides is 1. The van der Waals surface area contributed by atoms with Crippen LogP contribution in [0.15, 0.2) is 23.1 Å². The van der Waals surface area contributed by atoms with Crippen LogP contribution in [0.25, 0.3) is 0 Å². The summed E-state index contributed by atoms with van der Waals surface area (Å²) in [6, 6.07) is 4.49. The number of hydrogen-bond donors (Lipinski definition) is 1. The van der Waals surface area contributed by atoms with Gasteiger partial charge < -0.3 is 10.1 Å². The highest BCUT2D eigenvalue weighted by atomic mass is 32.2. The van der Waals surface area contributed by atoms with E-state index in [0.717, 1.165) is 23.6 Å². The third-order valence-corrected chi connectivity index (χ3v) is 5.12. The fourth-order valence-corrected chi connectivity index (χ4v) is 2.94. The highest BCUT2D eigenvalue weighted by Crippen LogP contribution is 2.29. The quantitative estimate of drug-likeness (QED) is 0.700. The van der Waals surface area contributed by atoms with E-state index in [1.54, 1.807) is 6.07 Å². The maximum atomic E-state index is 12.2. The highest BCUT2D eigenvalue weighted by Gasteiger charge is 2.19. The lowest BCUT2D eigenvalue weighted by molar-refractivity contribution is -0.116. The molecule has 6 nitrogen and oxygen atoms in total. The minimum absolute atomic E-state index is 0.120. The molecule has 7 heteroatoms. The molecule has 0 unspecified atom stereocenters. The number of nitrogens with one attached hydrogen (secondary N) is 1. The normalized spacial score (nSPS) is 11.5. The van der Waals surface area contributed by atoms with Crippen molar-refractivity contribution in [2.24, 2.45) is 0 Å². The van der Waals surface area contributed by atoms with Crippen molar-refractivity contribution in [1.82, 2.24) is 4.31 Å². The lowest BCUT2D eigenvalue weighted by atomic mass is 10.2. The Kier molecular flexibility index (Phi) is 7.51. The van der Waals surface area contributed by atoms with Crippen molar-refractivity contribution < 1.29 is 17.9 Å². The van der Waals surface area contributed by atoms with Crippen LogP contribution >= 0.6 is 0 Å². The zero-order valence-electron chi connectivity index (χ0n) is 14.3. The molecule has 0 saturated heterocycles. The molecule has 0 fully saturated rings. The summed E-state index contributed by atoms with van der Waals surface area (Å²) in [5, 5.41) is 2.76. The molecule has 0 aliphatic rings. The summed E-state index contributed by atoms with van der Waals surface area (Å²) in [4.78, 5) is 12.1. The van der Waals surface area contributed by atoms with Crippen molar-refractivity contribution in [3.8, 4) is 5.75 Å². The number of unbranched alkanes of at least 4 members (excludes halogenated alkanes) is 2. The Bertz CT molecular complexity index is 627. The second-order valence-corrected chi connectivity index (χ2v) is 7.54. The van der Waals surface area contributed by atoms with Crippen LogP contribution in [0.5, 0.6) is 5.75 Å². The molecule has 0 spiro atoms. The molecule has 0 saturated carbocycles. The lowest BCUT2D eigenvalue weighted by Crippen LogP contribution is -2.22. The Morgan fingerprint density at radius 2 is 1.91 bits per heavy atom. The topological polar surface area (TPSA) is 75.7 Å². The summed E-state index contributed by atoms with van der Waals surface area (Å²) in [5.41, 5.74) is 0.385. The highest BCUT2D eigenvalue weighted by molar-refractivity contribution is 7.89. The van der Waals surface area contributed by atoms with Gasteiger partial charge in [0.25, 0.3) is 0 Å². The lowest BCUT2D eigenvalue weighted by Gasteiger charge is -2.16. The molecule has 23 heavy (non-hydrogen) atoms. The summed E-state index contributed by atoms with van der Waals surface area (Å²) >= 11 is 0. The zero-order valence-corrected chi connectivity index (χ0v) is 15.1. The second-order valence-electron chi connectivity index (χ2n) is 5.38. The summed E-state index contributed by atoms with van der Waals surface area (Å²) in [6.45, 7) is 4.33.